The highest BCUT2D eigenvalue weighted by Gasteiger charge is 2.16. The molecule has 1 aromatic heterocycles. The van der Waals surface area contributed by atoms with Gasteiger partial charge in [0.2, 0.25) is 0 Å². The van der Waals surface area contributed by atoms with Gasteiger partial charge in [-0.1, -0.05) is 23.8 Å². The summed E-state index contributed by atoms with van der Waals surface area (Å²) in [4.78, 5) is 17.5. The van der Waals surface area contributed by atoms with Gasteiger partial charge in [0, 0.05) is 11.6 Å². The highest BCUT2D eigenvalue weighted by Crippen LogP contribution is 2.20. The molecule has 0 aliphatic carbocycles. The van der Waals surface area contributed by atoms with E-state index in [9.17, 15) is 13.2 Å². The number of fused-ring (bicyclic) bond motifs is 1. The molecule has 1 heterocycles. The second-order valence-corrected chi connectivity index (χ2v) is 8.87. The first-order valence-corrected chi connectivity index (χ1v) is 10.5. The van der Waals surface area contributed by atoms with Crippen molar-refractivity contribution in [2.24, 2.45) is 0 Å². The predicted molar refractivity (Wildman–Crippen MR) is 107 cm³/mol. The van der Waals surface area contributed by atoms with Crippen LogP contribution < -0.4 is 5.32 Å². The van der Waals surface area contributed by atoms with Crippen LogP contribution in [0.2, 0.25) is 0 Å². The molecule has 0 fully saturated rings. The number of carbonyl (C=O) groups is 1. The molecule has 0 saturated heterocycles. The van der Waals surface area contributed by atoms with Gasteiger partial charge < -0.3 is 5.32 Å². The summed E-state index contributed by atoms with van der Waals surface area (Å²) in [7, 11) is -3.24. The molecule has 1 unspecified atom stereocenters. The molecule has 0 bridgehead atoms. The lowest BCUT2D eigenvalue weighted by Gasteiger charge is -2.16. The van der Waals surface area contributed by atoms with E-state index in [0.29, 0.717) is 11.3 Å². The molecule has 3 rings (SSSR count). The largest absolute Gasteiger partial charge is 0.345 e. The Morgan fingerprint density at radius 3 is 2.33 bits per heavy atom. The van der Waals surface area contributed by atoms with Crippen LogP contribution in [0.1, 0.15) is 40.1 Å². The first kappa shape index (κ1) is 19.0. The summed E-state index contributed by atoms with van der Waals surface area (Å²) in [5, 5.41) is 3.89. The number of aryl methyl sites for hydroxylation is 2. The van der Waals surface area contributed by atoms with Crippen LogP contribution in [0.15, 0.2) is 53.4 Å². The molecule has 0 spiro atoms. The maximum Gasteiger partial charge on any atom is 0.253 e. The van der Waals surface area contributed by atoms with Crippen molar-refractivity contribution in [3.63, 3.8) is 0 Å². The van der Waals surface area contributed by atoms with Gasteiger partial charge in [-0.3, -0.25) is 9.78 Å². The van der Waals surface area contributed by atoms with Crippen molar-refractivity contribution in [3.8, 4) is 0 Å². The standard InChI is InChI=1S/C21H22N2O3S/c1-13-5-10-20-17(11-13)12-19(15(3)22-20)21(24)23-14(2)16-6-8-18(9-7-16)27(4,25)26/h5-12,14H,1-4H3,(H,23,24). The summed E-state index contributed by atoms with van der Waals surface area (Å²) in [5.74, 6) is -0.205. The lowest BCUT2D eigenvalue weighted by Crippen LogP contribution is -2.27. The molecular weight excluding hydrogens is 360 g/mol. The Balaban J connectivity index is 1.84. The van der Waals surface area contributed by atoms with Gasteiger partial charge >= 0.3 is 0 Å². The monoisotopic (exact) mass is 382 g/mol. The second kappa shape index (κ2) is 7.12. The Kier molecular flexibility index (Phi) is 5.02. The van der Waals surface area contributed by atoms with E-state index in [1.54, 1.807) is 24.3 Å². The summed E-state index contributed by atoms with van der Waals surface area (Å²) < 4.78 is 23.1. The Labute approximate surface area is 159 Å². The minimum atomic E-state index is -3.24. The number of carbonyl (C=O) groups excluding carboxylic acids is 1. The molecule has 2 aromatic carbocycles. The fraction of sp³-hybridized carbons (Fsp3) is 0.238. The normalized spacial score (nSPS) is 12.7. The zero-order valence-corrected chi connectivity index (χ0v) is 16.6. The molecule has 1 amide bonds. The van der Waals surface area contributed by atoms with E-state index in [2.05, 4.69) is 10.3 Å². The number of amides is 1. The average molecular weight is 382 g/mol. The molecule has 1 N–H and O–H groups in total. The van der Waals surface area contributed by atoms with Crippen molar-refractivity contribution in [1.82, 2.24) is 10.3 Å². The van der Waals surface area contributed by atoms with E-state index < -0.39 is 9.84 Å². The van der Waals surface area contributed by atoms with E-state index in [1.807, 2.05) is 45.0 Å². The topological polar surface area (TPSA) is 76.1 Å². The first-order chi connectivity index (χ1) is 12.6. The Bertz CT molecular complexity index is 1120. The number of sulfone groups is 1. The van der Waals surface area contributed by atoms with Gasteiger partial charge in [-0.25, -0.2) is 8.42 Å². The third-order valence-electron chi connectivity index (χ3n) is 4.56. The highest BCUT2D eigenvalue weighted by molar-refractivity contribution is 7.90. The van der Waals surface area contributed by atoms with Crippen molar-refractivity contribution in [3.05, 3.63) is 70.9 Å². The summed E-state index contributed by atoms with van der Waals surface area (Å²) >= 11 is 0. The van der Waals surface area contributed by atoms with Crippen molar-refractivity contribution in [2.75, 3.05) is 6.26 Å². The fourth-order valence-corrected chi connectivity index (χ4v) is 3.61. The smallest absolute Gasteiger partial charge is 0.253 e. The molecule has 6 heteroatoms. The van der Waals surface area contributed by atoms with E-state index in [1.165, 1.54) is 6.26 Å². The molecule has 1 atom stereocenters. The van der Waals surface area contributed by atoms with Gasteiger partial charge in [0.25, 0.3) is 5.91 Å². The van der Waals surface area contributed by atoms with Gasteiger partial charge in [0.05, 0.1) is 27.7 Å². The zero-order chi connectivity index (χ0) is 19.8. The highest BCUT2D eigenvalue weighted by atomic mass is 32.2. The van der Waals surface area contributed by atoms with Gasteiger partial charge in [-0.2, -0.15) is 0 Å². The summed E-state index contributed by atoms with van der Waals surface area (Å²) in [6.45, 7) is 5.68. The molecule has 0 radical (unpaired) electrons. The molecule has 3 aromatic rings. The summed E-state index contributed by atoms with van der Waals surface area (Å²) in [6.07, 6.45) is 1.17. The average Bonchev–Trinajstić information content (AvgIpc) is 2.60. The number of hydrogen-bond acceptors (Lipinski definition) is 4. The number of aromatic nitrogens is 1. The number of hydrogen-bond donors (Lipinski definition) is 1. The van der Waals surface area contributed by atoms with Crippen LogP contribution in [-0.2, 0) is 9.84 Å². The fourth-order valence-electron chi connectivity index (χ4n) is 2.98. The van der Waals surface area contributed by atoms with Crippen molar-refractivity contribution < 1.29 is 13.2 Å². The minimum Gasteiger partial charge on any atom is -0.345 e. The van der Waals surface area contributed by atoms with Crippen LogP contribution >= 0.6 is 0 Å². The van der Waals surface area contributed by atoms with E-state index >= 15 is 0 Å². The Hall–Kier alpha value is -2.73. The second-order valence-electron chi connectivity index (χ2n) is 6.85. The molecule has 0 aliphatic heterocycles. The third-order valence-corrected chi connectivity index (χ3v) is 5.69. The van der Waals surface area contributed by atoms with Crippen molar-refractivity contribution in [1.29, 1.82) is 0 Å². The maximum atomic E-state index is 12.8. The number of benzene rings is 2. The van der Waals surface area contributed by atoms with Crippen molar-refractivity contribution >= 4 is 26.6 Å². The summed E-state index contributed by atoms with van der Waals surface area (Å²) in [6, 6.07) is 14.1. The SMILES string of the molecule is Cc1ccc2nc(C)c(C(=O)NC(C)c3ccc(S(C)(=O)=O)cc3)cc2c1. The molecular formula is C21H22N2O3S. The number of nitrogens with one attached hydrogen (secondary N) is 1. The Morgan fingerprint density at radius 1 is 1.04 bits per heavy atom. The molecule has 0 saturated carbocycles. The zero-order valence-electron chi connectivity index (χ0n) is 15.8. The lowest BCUT2D eigenvalue weighted by atomic mass is 10.1. The lowest BCUT2D eigenvalue weighted by molar-refractivity contribution is 0.0939. The Morgan fingerprint density at radius 2 is 1.70 bits per heavy atom. The number of pyridine rings is 1. The summed E-state index contributed by atoms with van der Waals surface area (Å²) in [5.41, 5.74) is 4.01. The van der Waals surface area contributed by atoms with E-state index in [0.717, 1.165) is 22.0 Å². The van der Waals surface area contributed by atoms with Crippen LogP contribution in [0.5, 0.6) is 0 Å². The van der Waals surface area contributed by atoms with E-state index in [-0.39, 0.29) is 16.8 Å². The van der Waals surface area contributed by atoms with Gasteiger partial charge in [-0.05, 0) is 56.7 Å². The van der Waals surface area contributed by atoms with Crippen LogP contribution in [-0.4, -0.2) is 25.6 Å². The molecule has 140 valence electrons. The third kappa shape index (κ3) is 4.17. The van der Waals surface area contributed by atoms with Gasteiger partial charge in [-0.15, -0.1) is 0 Å². The maximum absolute atomic E-state index is 12.8. The number of nitrogens with zero attached hydrogens (tertiary/aromatic N) is 1. The first-order valence-electron chi connectivity index (χ1n) is 8.64. The van der Waals surface area contributed by atoms with Gasteiger partial charge in [0.15, 0.2) is 9.84 Å². The van der Waals surface area contributed by atoms with Crippen LogP contribution in [0.4, 0.5) is 0 Å². The number of rotatable bonds is 4. The molecule has 5 nitrogen and oxygen atoms in total. The minimum absolute atomic E-state index is 0.205. The van der Waals surface area contributed by atoms with Gasteiger partial charge in [0.1, 0.15) is 0 Å². The van der Waals surface area contributed by atoms with Crippen LogP contribution in [0, 0.1) is 13.8 Å². The van der Waals surface area contributed by atoms with Crippen molar-refractivity contribution in [2.45, 2.75) is 31.7 Å². The van der Waals surface area contributed by atoms with Crippen LogP contribution in [0.25, 0.3) is 10.9 Å². The van der Waals surface area contributed by atoms with Crippen LogP contribution in [0.3, 0.4) is 0 Å². The van der Waals surface area contributed by atoms with E-state index in [4.69, 9.17) is 0 Å². The molecule has 27 heavy (non-hydrogen) atoms. The molecule has 0 aliphatic rings. The predicted octanol–water partition coefficient (Wildman–Crippen LogP) is 3.75. The quantitative estimate of drug-likeness (QED) is 0.746.